The van der Waals surface area contributed by atoms with Crippen molar-refractivity contribution in [3.05, 3.63) is 48.6 Å². The van der Waals surface area contributed by atoms with Crippen molar-refractivity contribution in [3.8, 4) is 0 Å². The lowest BCUT2D eigenvalue weighted by atomic mass is 10.1. The molecule has 1 unspecified atom stereocenters. The minimum absolute atomic E-state index is 0.0701. The number of aryl methyl sites for hydroxylation is 1. The van der Waals surface area contributed by atoms with Crippen molar-refractivity contribution in [3.63, 3.8) is 0 Å². The molecule has 1 aromatic carbocycles. The van der Waals surface area contributed by atoms with Crippen LogP contribution in [0, 0.1) is 0 Å². The quantitative estimate of drug-likeness (QED) is 0.588. The normalized spacial score (nSPS) is 18.7. The van der Waals surface area contributed by atoms with E-state index in [2.05, 4.69) is 41.1 Å². The van der Waals surface area contributed by atoms with Crippen LogP contribution in [-0.4, -0.2) is 22.7 Å². The number of thiocarbonyl (C=S) groups is 1. The van der Waals surface area contributed by atoms with Crippen molar-refractivity contribution in [1.82, 2.24) is 4.90 Å². The van der Waals surface area contributed by atoms with E-state index in [4.69, 9.17) is 12.2 Å². The molecule has 0 radical (unpaired) electrons. The van der Waals surface area contributed by atoms with Crippen LogP contribution in [0.5, 0.6) is 0 Å². The number of rotatable bonds is 5. The van der Waals surface area contributed by atoms with Crippen molar-refractivity contribution in [2.75, 3.05) is 6.54 Å². The van der Waals surface area contributed by atoms with Gasteiger partial charge in [0.1, 0.15) is 6.17 Å². The van der Waals surface area contributed by atoms with Gasteiger partial charge in [-0.3, -0.25) is 0 Å². The van der Waals surface area contributed by atoms with Gasteiger partial charge in [0.15, 0.2) is 0 Å². The number of hydrogen-bond acceptors (Lipinski definition) is 2. The monoisotopic (exact) mass is 245 g/mol. The summed E-state index contributed by atoms with van der Waals surface area (Å²) in [7, 11) is 0. The minimum atomic E-state index is 0.0701. The Morgan fingerprint density at radius 3 is 2.82 bits per heavy atom. The maximum Gasteiger partial charge on any atom is 0.218 e. The van der Waals surface area contributed by atoms with Crippen LogP contribution in [0.2, 0.25) is 0 Å². The first kappa shape index (κ1) is 11.9. The summed E-state index contributed by atoms with van der Waals surface area (Å²) in [5, 5.41) is 8.73. The van der Waals surface area contributed by atoms with Crippen LogP contribution >= 0.6 is 12.2 Å². The fourth-order valence-corrected chi connectivity index (χ4v) is 2.10. The van der Waals surface area contributed by atoms with Crippen molar-refractivity contribution >= 4 is 17.3 Å². The third kappa shape index (κ3) is 2.97. The second-order valence-corrected chi connectivity index (χ2v) is 4.31. The smallest absolute Gasteiger partial charge is 0.218 e. The van der Waals surface area contributed by atoms with Crippen LogP contribution in [0.1, 0.15) is 12.0 Å². The van der Waals surface area contributed by atoms with Gasteiger partial charge in [-0.05, 0) is 30.6 Å². The van der Waals surface area contributed by atoms with E-state index in [1.165, 1.54) is 5.56 Å². The highest BCUT2D eigenvalue weighted by Crippen LogP contribution is 2.18. The SMILES string of the molecule is C=CCN1C(=S)N=NC1CCc1ccccc1. The molecule has 1 aliphatic heterocycles. The molecule has 2 rings (SSSR count). The van der Waals surface area contributed by atoms with Crippen molar-refractivity contribution in [2.24, 2.45) is 10.2 Å². The van der Waals surface area contributed by atoms with E-state index in [1.807, 2.05) is 17.0 Å². The van der Waals surface area contributed by atoms with Gasteiger partial charge in [0, 0.05) is 6.54 Å². The highest BCUT2D eigenvalue weighted by Gasteiger charge is 2.24. The predicted octanol–water partition coefficient (Wildman–Crippen LogP) is 3.18. The summed E-state index contributed by atoms with van der Waals surface area (Å²) in [6, 6.07) is 10.4. The molecule has 3 nitrogen and oxygen atoms in total. The van der Waals surface area contributed by atoms with Crippen LogP contribution < -0.4 is 0 Å². The van der Waals surface area contributed by atoms with Crippen molar-refractivity contribution in [2.45, 2.75) is 19.0 Å². The summed E-state index contributed by atoms with van der Waals surface area (Å²) in [4.78, 5) is 2.01. The first-order valence-corrected chi connectivity index (χ1v) is 6.08. The third-order valence-electron chi connectivity index (χ3n) is 2.74. The fourth-order valence-electron chi connectivity index (χ4n) is 1.86. The first-order valence-electron chi connectivity index (χ1n) is 5.67. The predicted molar refractivity (Wildman–Crippen MR) is 72.9 cm³/mol. The highest BCUT2D eigenvalue weighted by atomic mass is 32.1. The van der Waals surface area contributed by atoms with Crippen LogP contribution in [0.15, 0.2) is 53.2 Å². The third-order valence-corrected chi connectivity index (χ3v) is 3.06. The lowest BCUT2D eigenvalue weighted by molar-refractivity contribution is 0.350. The van der Waals surface area contributed by atoms with Gasteiger partial charge in [-0.1, -0.05) is 36.4 Å². The van der Waals surface area contributed by atoms with Crippen LogP contribution in [0.4, 0.5) is 0 Å². The Labute approximate surface area is 107 Å². The zero-order valence-electron chi connectivity index (χ0n) is 9.62. The fraction of sp³-hybridized carbons (Fsp3) is 0.308. The second kappa shape index (κ2) is 5.68. The van der Waals surface area contributed by atoms with E-state index < -0.39 is 0 Å². The van der Waals surface area contributed by atoms with Gasteiger partial charge in [-0.15, -0.1) is 11.7 Å². The molecule has 1 heterocycles. The Morgan fingerprint density at radius 1 is 1.35 bits per heavy atom. The van der Waals surface area contributed by atoms with Gasteiger partial charge in [0.05, 0.1) is 0 Å². The molecule has 0 saturated heterocycles. The van der Waals surface area contributed by atoms with E-state index >= 15 is 0 Å². The molecule has 1 aromatic rings. The van der Waals surface area contributed by atoms with Gasteiger partial charge < -0.3 is 4.90 Å². The van der Waals surface area contributed by atoms with Crippen LogP contribution in [0.3, 0.4) is 0 Å². The molecule has 0 aromatic heterocycles. The summed E-state index contributed by atoms with van der Waals surface area (Å²) in [5.74, 6) is 0. The van der Waals surface area contributed by atoms with Gasteiger partial charge >= 0.3 is 0 Å². The molecule has 0 bridgehead atoms. The largest absolute Gasteiger partial charge is 0.318 e. The zero-order chi connectivity index (χ0) is 12.1. The van der Waals surface area contributed by atoms with E-state index in [1.54, 1.807) is 0 Å². The Hall–Kier alpha value is -1.55. The number of nitrogens with zero attached hydrogens (tertiary/aromatic N) is 3. The van der Waals surface area contributed by atoms with Gasteiger partial charge in [0.25, 0.3) is 0 Å². The van der Waals surface area contributed by atoms with E-state index in [9.17, 15) is 0 Å². The Kier molecular flexibility index (Phi) is 3.98. The lowest BCUT2D eigenvalue weighted by Gasteiger charge is -2.21. The van der Waals surface area contributed by atoms with Gasteiger partial charge in [-0.2, -0.15) is 5.11 Å². The molecule has 0 fully saturated rings. The van der Waals surface area contributed by atoms with Gasteiger partial charge in [-0.25, -0.2) is 0 Å². The molecule has 0 amide bonds. The summed E-state index contributed by atoms with van der Waals surface area (Å²) in [6.07, 6.45) is 3.82. The standard InChI is InChI=1S/C13H15N3S/c1-2-10-16-12(14-15-13(16)17)9-8-11-6-4-3-5-7-11/h2-7,12H,1,8-10H2. The van der Waals surface area contributed by atoms with E-state index in [0.717, 1.165) is 12.8 Å². The number of benzene rings is 1. The number of azo groups is 1. The first-order chi connectivity index (χ1) is 8.31. The summed E-state index contributed by atoms with van der Waals surface area (Å²) < 4.78 is 0. The van der Waals surface area contributed by atoms with Crippen LogP contribution in [0.25, 0.3) is 0 Å². The Bertz CT molecular complexity index is 428. The Morgan fingerprint density at radius 2 is 2.12 bits per heavy atom. The van der Waals surface area contributed by atoms with Crippen molar-refractivity contribution < 1.29 is 0 Å². The average molecular weight is 245 g/mol. The molecular weight excluding hydrogens is 230 g/mol. The molecule has 0 aliphatic carbocycles. The van der Waals surface area contributed by atoms with Gasteiger partial charge in [0.2, 0.25) is 5.11 Å². The molecule has 0 spiro atoms. The highest BCUT2D eigenvalue weighted by molar-refractivity contribution is 7.80. The average Bonchev–Trinajstić information content (AvgIpc) is 2.70. The molecule has 1 aliphatic rings. The topological polar surface area (TPSA) is 28.0 Å². The van der Waals surface area contributed by atoms with E-state index in [-0.39, 0.29) is 6.17 Å². The molecule has 4 heteroatoms. The maximum absolute atomic E-state index is 5.13. The summed E-state index contributed by atoms with van der Waals surface area (Å²) >= 11 is 5.13. The maximum atomic E-state index is 5.13. The second-order valence-electron chi connectivity index (χ2n) is 3.94. The lowest BCUT2D eigenvalue weighted by Crippen LogP contribution is -2.33. The number of hydrogen-bond donors (Lipinski definition) is 0. The molecule has 17 heavy (non-hydrogen) atoms. The zero-order valence-corrected chi connectivity index (χ0v) is 10.4. The molecule has 0 saturated carbocycles. The minimum Gasteiger partial charge on any atom is -0.318 e. The molecule has 88 valence electrons. The molecule has 1 atom stereocenters. The summed E-state index contributed by atoms with van der Waals surface area (Å²) in [5.41, 5.74) is 1.32. The Balaban J connectivity index is 1.93. The summed E-state index contributed by atoms with van der Waals surface area (Å²) in [6.45, 7) is 4.44. The van der Waals surface area contributed by atoms with E-state index in [0.29, 0.717) is 11.7 Å². The van der Waals surface area contributed by atoms with Crippen molar-refractivity contribution in [1.29, 1.82) is 0 Å². The molecular formula is C13H15N3S. The van der Waals surface area contributed by atoms with Crippen LogP contribution in [-0.2, 0) is 6.42 Å². The molecule has 0 N–H and O–H groups in total.